The molecule has 0 spiro atoms. The van der Waals surface area contributed by atoms with Gasteiger partial charge in [0.25, 0.3) is 8.32 Å². The fourth-order valence-electron chi connectivity index (χ4n) is 4.65. The van der Waals surface area contributed by atoms with E-state index in [1.54, 1.807) is 6.08 Å². The Kier molecular flexibility index (Phi) is 12.6. The Morgan fingerprint density at radius 1 is 0.917 bits per heavy atom. The van der Waals surface area contributed by atoms with Crippen molar-refractivity contribution in [2.75, 3.05) is 13.7 Å². The smallest absolute Gasteiger partial charge is 0.305 e. The Labute approximate surface area is 218 Å². The molecular weight excluding hydrogens is 468 g/mol. The van der Waals surface area contributed by atoms with Crippen LogP contribution in [0, 0.1) is 0 Å². The first kappa shape index (κ1) is 30.0. The lowest BCUT2D eigenvalue weighted by Crippen LogP contribution is -2.67. The third-order valence-corrected chi connectivity index (χ3v) is 11.5. The zero-order valence-corrected chi connectivity index (χ0v) is 23.4. The van der Waals surface area contributed by atoms with Gasteiger partial charge in [0.1, 0.15) is 0 Å². The van der Waals surface area contributed by atoms with Gasteiger partial charge < -0.3 is 19.4 Å². The van der Waals surface area contributed by atoms with Crippen LogP contribution in [0.25, 0.3) is 0 Å². The Morgan fingerprint density at radius 3 is 2.00 bits per heavy atom. The van der Waals surface area contributed by atoms with Crippen LogP contribution in [0.15, 0.2) is 72.8 Å². The van der Waals surface area contributed by atoms with E-state index in [1.165, 1.54) is 17.5 Å². The van der Waals surface area contributed by atoms with Gasteiger partial charge in [-0.2, -0.15) is 0 Å². The van der Waals surface area contributed by atoms with E-state index in [2.05, 4.69) is 49.8 Å². The molecule has 2 rings (SSSR count). The Bertz CT molecular complexity index is 868. The summed E-state index contributed by atoms with van der Waals surface area (Å²) in [4.78, 5) is 11.1. The van der Waals surface area contributed by atoms with E-state index in [4.69, 9.17) is 4.43 Å². The minimum absolute atomic E-state index is 0.157. The van der Waals surface area contributed by atoms with E-state index >= 15 is 0 Å². The third kappa shape index (κ3) is 9.00. The summed E-state index contributed by atoms with van der Waals surface area (Å²) in [5, 5.41) is 23.4. The highest BCUT2D eigenvalue weighted by atomic mass is 28.4. The van der Waals surface area contributed by atoms with Crippen molar-refractivity contribution >= 4 is 24.7 Å². The number of rotatable bonds is 15. The first-order valence-electron chi connectivity index (χ1n) is 13.1. The molecule has 0 unspecified atom stereocenters. The first-order valence-corrected chi connectivity index (χ1v) is 15.0. The number of unbranched alkanes of at least 4 members (excludes halogenated alkanes) is 4. The molecule has 2 atom stereocenters. The van der Waals surface area contributed by atoms with E-state index < -0.39 is 20.5 Å². The van der Waals surface area contributed by atoms with Crippen LogP contribution in [0.4, 0.5) is 0 Å². The monoisotopic (exact) mass is 512 g/mol. The van der Waals surface area contributed by atoms with Crippen molar-refractivity contribution in [2.24, 2.45) is 0 Å². The van der Waals surface area contributed by atoms with Crippen molar-refractivity contribution in [3.63, 3.8) is 0 Å². The lowest BCUT2D eigenvalue weighted by Gasteiger charge is -2.43. The second-order valence-electron chi connectivity index (χ2n) is 10.4. The summed E-state index contributed by atoms with van der Waals surface area (Å²) in [5.41, 5.74) is 0. The molecule has 0 fully saturated rings. The molecule has 0 amide bonds. The number of hydrogen-bond donors (Lipinski definition) is 2. The molecule has 0 aliphatic carbocycles. The molecule has 2 aromatic rings. The number of carbonyl (C=O) groups excluding carboxylic acids is 1. The average Bonchev–Trinajstić information content (AvgIpc) is 2.86. The van der Waals surface area contributed by atoms with E-state index in [0.717, 1.165) is 32.1 Å². The summed E-state index contributed by atoms with van der Waals surface area (Å²) in [6.45, 7) is 6.79. The van der Waals surface area contributed by atoms with Crippen LogP contribution in [0.2, 0.25) is 5.04 Å². The van der Waals surface area contributed by atoms with Crippen molar-refractivity contribution in [1.82, 2.24) is 0 Å². The summed E-state index contributed by atoms with van der Waals surface area (Å²) in [6, 6.07) is 20.7. The van der Waals surface area contributed by atoms with Gasteiger partial charge in [-0.25, -0.2) is 0 Å². The normalized spacial score (nSPS) is 14.1. The fourth-order valence-corrected chi connectivity index (χ4v) is 9.25. The molecule has 198 valence electrons. The van der Waals surface area contributed by atoms with Gasteiger partial charge in [-0.15, -0.1) is 0 Å². The predicted octanol–water partition coefficient (Wildman–Crippen LogP) is 4.74. The van der Waals surface area contributed by atoms with Gasteiger partial charge in [0.15, 0.2) is 0 Å². The summed E-state index contributed by atoms with van der Waals surface area (Å²) in [6.07, 6.45) is 7.68. The van der Waals surface area contributed by atoms with Crippen LogP contribution in [-0.2, 0) is 14.0 Å². The lowest BCUT2D eigenvalue weighted by atomic mass is 10.1. The second-order valence-corrected chi connectivity index (χ2v) is 14.7. The highest BCUT2D eigenvalue weighted by molar-refractivity contribution is 6.99. The molecule has 0 saturated heterocycles. The van der Waals surface area contributed by atoms with E-state index in [-0.39, 0.29) is 24.0 Å². The number of aliphatic hydroxyl groups is 2. The maximum atomic E-state index is 11.1. The number of allylic oxidation sites excluding steroid dienone is 1. The maximum Gasteiger partial charge on any atom is 0.305 e. The van der Waals surface area contributed by atoms with E-state index in [0.29, 0.717) is 6.42 Å². The Balaban J connectivity index is 1.93. The molecule has 2 aromatic carbocycles. The van der Waals surface area contributed by atoms with Crippen LogP contribution in [-0.4, -0.2) is 50.4 Å². The average molecular weight is 513 g/mol. The lowest BCUT2D eigenvalue weighted by molar-refractivity contribution is -0.140. The number of esters is 1. The van der Waals surface area contributed by atoms with Gasteiger partial charge in [-0.05, 0) is 34.7 Å². The fraction of sp³-hybridized carbons (Fsp3) is 0.500. The second kappa shape index (κ2) is 15.1. The predicted molar refractivity (Wildman–Crippen MR) is 149 cm³/mol. The van der Waals surface area contributed by atoms with Crippen molar-refractivity contribution in [1.29, 1.82) is 0 Å². The SMILES string of the molecule is COC(=O)CCCCCC/C=C/[C@H](O)C[C@H](O)CO[Si](c1ccccc1)(c1ccccc1)C(C)(C)C. The molecule has 0 aromatic heterocycles. The van der Waals surface area contributed by atoms with Gasteiger partial charge in [-0.1, -0.05) is 106 Å². The molecule has 5 nitrogen and oxygen atoms in total. The summed E-state index contributed by atoms with van der Waals surface area (Å²) < 4.78 is 11.4. The minimum atomic E-state index is -2.71. The Hall–Kier alpha value is -2.25. The van der Waals surface area contributed by atoms with Crippen LogP contribution in [0.1, 0.15) is 65.7 Å². The molecular formula is C30H44O5Si. The molecule has 0 radical (unpaired) electrons. The number of benzene rings is 2. The molecule has 36 heavy (non-hydrogen) atoms. The van der Waals surface area contributed by atoms with Gasteiger partial charge in [0, 0.05) is 12.8 Å². The number of carbonyl (C=O) groups is 1. The number of aliphatic hydroxyl groups excluding tert-OH is 2. The van der Waals surface area contributed by atoms with E-state index in [9.17, 15) is 15.0 Å². The zero-order chi connectivity index (χ0) is 26.4. The minimum Gasteiger partial charge on any atom is -0.469 e. The standard InChI is InChI=1S/C30H44O5Si/c1-30(2,3)36(27-18-12-9-13-19-27,28-20-14-10-15-21-28)35-24-26(32)23-25(31)17-11-7-5-6-8-16-22-29(33)34-4/h9-15,17-21,25-26,31-32H,5-8,16,22-24H2,1-4H3/b17-11+/t25-,26-/m0/s1. The molecule has 0 aliphatic heterocycles. The molecule has 0 saturated carbocycles. The maximum absolute atomic E-state index is 11.1. The zero-order valence-electron chi connectivity index (χ0n) is 22.4. The van der Waals surface area contributed by atoms with Gasteiger partial charge in [-0.3, -0.25) is 4.79 Å². The summed E-state index contributed by atoms with van der Waals surface area (Å²) >= 11 is 0. The van der Waals surface area contributed by atoms with Gasteiger partial charge in [0.2, 0.25) is 0 Å². The quantitative estimate of drug-likeness (QED) is 0.156. The first-order chi connectivity index (χ1) is 17.2. The molecule has 0 aliphatic rings. The summed E-state index contributed by atoms with van der Waals surface area (Å²) in [7, 11) is -1.30. The van der Waals surface area contributed by atoms with Crippen LogP contribution >= 0.6 is 0 Å². The summed E-state index contributed by atoms with van der Waals surface area (Å²) in [5.74, 6) is -0.157. The van der Waals surface area contributed by atoms with Crippen molar-refractivity contribution in [3.05, 3.63) is 72.8 Å². The van der Waals surface area contributed by atoms with Crippen LogP contribution in [0.3, 0.4) is 0 Å². The van der Waals surface area contributed by atoms with Crippen molar-refractivity contribution < 1.29 is 24.2 Å². The van der Waals surface area contributed by atoms with Crippen LogP contribution in [0.5, 0.6) is 0 Å². The highest BCUT2D eigenvalue weighted by Crippen LogP contribution is 2.36. The topological polar surface area (TPSA) is 76.0 Å². The number of hydrogen-bond acceptors (Lipinski definition) is 5. The van der Waals surface area contributed by atoms with Gasteiger partial charge >= 0.3 is 5.97 Å². The highest BCUT2D eigenvalue weighted by Gasteiger charge is 2.50. The van der Waals surface area contributed by atoms with Crippen LogP contribution < -0.4 is 10.4 Å². The molecule has 0 heterocycles. The van der Waals surface area contributed by atoms with Crippen molar-refractivity contribution in [3.8, 4) is 0 Å². The van der Waals surface area contributed by atoms with Gasteiger partial charge in [0.05, 0.1) is 25.9 Å². The largest absolute Gasteiger partial charge is 0.469 e. The Morgan fingerprint density at radius 2 is 1.47 bits per heavy atom. The molecule has 2 N–H and O–H groups in total. The van der Waals surface area contributed by atoms with E-state index in [1.807, 2.05) is 42.5 Å². The molecule has 6 heteroatoms. The van der Waals surface area contributed by atoms with Crippen molar-refractivity contribution in [2.45, 2.75) is 83.0 Å². The molecule has 0 bridgehead atoms. The number of methoxy groups -OCH3 is 1. The third-order valence-electron chi connectivity index (χ3n) is 6.51. The number of ether oxygens (including phenoxy) is 1.